The lowest BCUT2D eigenvalue weighted by atomic mass is 9.96. The fourth-order valence-corrected chi connectivity index (χ4v) is 2.92. The van der Waals surface area contributed by atoms with E-state index in [0.717, 1.165) is 43.8 Å². The van der Waals surface area contributed by atoms with Gasteiger partial charge in [-0.2, -0.15) is 0 Å². The molecule has 0 bridgehead atoms. The van der Waals surface area contributed by atoms with E-state index in [9.17, 15) is 4.79 Å². The summed E-state index contributed by atoms with van der Waals surface area (Å²) >= 11 is 0. The van der Waals surface area contributed by atoms with Gasteiger partial charge in [0.2, 0.25) is 5.91 Å². The van der Waals surface area contributed by atoms with Crippen molar-refractivity contribution in [2.75, 3.05) is 26.7 Å². The molecule has 1 N–H and O–H groups in total. The SMILES string of the molecule is COc1ccc(CN(CC2CCNCC2)C(=O)C(C)C)cc1. The van der Waals surface area contributed by atoms with Crippen LogP contribution in [0.5, 0.6) is 5.75 Å². The van der Waals surface area contributed by atoms with E-state index in [-0.39, 0.29) is 11.8 Å². The second kappa shape index (κ2) is 8.18. The predicted octanol–water partition coefficient (Wildman–Crippen LogP) is 2.68. The first kappa shape index (κ1) is 16.8. The van der Waals surface area contributed by atoms with Crippen LogP contribution < -0.4 is 10.1 Å². The van der Waals surface area contributed by atoms with Crippen LogP contribution in [0.2, 0.25) is 0 Å². The largest absolute Gasteiger partial charge is 0.497 e. The van der Waals surface area contributed by atoms with Crippen LogP contribution in [0.25, 0.3) is 0 Å². The summed E-state index contributed by atoms with van der Waals surface area (Å²) in [5, 5.41) is 3.38. The molecule has 0 spiro atoms. The number of carbonyl (C=O) groups excluding carboxylic acids is 1. The van der Waals surface area contributed by atoms with E-state index >= 15 is 0 Å². The fraction of sp³-hybridized carbons (Fsp3) is 0.611. The Kier molecular flexibility index (Phi) is 6.25. The van der Waals surface area contributed by atoms with E-state index in [1.165, 1.54) is 0 Å². The maximum atomic E-state index is 12.5. The second-order valence-corrected chi connectivity index (χ2v) is 6.41. The minimum absolute atomic E-state index is 0.0416. The molecule has 122 valence electrons. The molecule has 0 atom stereocenters. The first-order chi connectivity index (χ1) is 10.6. The Hall–Kier alpha value is -1.55. The van der Waals surface area contributed by atoms with Crippen molar-refractivity contribution in [1.29, 1.82) is 0 Å². The van der Waals surface area contributed by atoms with Crippen LogP contribution in [0.15, 0.2) is 24.3 Å². The Morgan fingerprint density at radius 1 is 1.27 bits per heavy atom. The Morgan fingerprint density at radius 2 is 1.91 bits per heavy atom. The zero-order valence-corrected chi connectivity index (χ0v) is 14.0. The topological polar surface area (TPSA) is 41.6 Å². The van der Waals surface area contributed by atoms with Crippen molar-refractivity contribution < 1.29 is 9.53 Å². The standard InChI is InChI=1S/C18H28N2O2/c1-14(2)18(21)20(13-16-8-10-19-11-9-16)12-15-4-6-17(22-3)7-5-15/h4-7,14,16,19H,8-13H2,1-3H3. The number of methoxy groups -OCH3 is 1. The second-order valence-electron chi connectivity index (χ2n) is 6.41. The van der Waals surface area contributed by atoms with Gasteiger partial charge in [0.25, 0.3) is 0 Å². The molecule has 1 aliphatic heterocycles. The molecule has 0 aliphatic carbocycles. The highest BCUT2D eigenvalue weighted by atomic mass is 16.5. The van der Waals surface area contributed by atoms with Gasteiger partial charge in [0, 0.05) is 19.0 Å². The number of piperidine rings is 1. The molecule has 1 aromatic rings. The third-order valence-electron chi connectivity index (χ3n) is 4.28. The number of hydrogen-bond acceptors (Lipinski definition) is 3. The summed E-state index contributed by atoms with van der Waals surface area (Å²) in [4.78, 5) is 14.6. The molecular formula is C18H28N2O2. The van der Waals surface area contributed by atoms with Crippen molar-refractivity contribution in [3.63, 3.8) is 0 Å². The van der Waals surface area contributed by atoms with Gasteiger partial charge in [-0.1, -0.05) is 26.0 Å². The maximum absolute atomic E-state index is 12.5. The van der Waals surface area contributed by atoms with Crippen molar-refractivity contribution >= 4 is 5.91 Å². The van der Waals surface area contributed by atoms with Crippen LogP contribution in [0, 0.1) is 11.8 Å². The molecule has 0 radical (unpaired) electrons. The lowest BCUT2D eigenvalue weighted by Gasteiger charge is -2.31. The maximum Gasteiger partial charge on any atom is 0.225 e. The van der Waals surface area contributed by atoms with Gasteiger partial charge >= 0.3 is 0 Å². The number of nitrogens with zero attached hydrogens (tertiary/aromatic N) is 1. The number of ether oxygens (including phenoxy) is 1. The van der Waals surface area contributed by atoms with Crippen LogP contribution in [0.3, 0.4) is 0 Å². The van der Waals surface area contributed by atoms with Crippen LogP contribution in [0.4, 0.5) is 0 Å². The summed E-state index contributed by atoms with van der Waals surface area (Å²) < 4.78 is 5.19. The highest BCUT2D eigenvalue weighted by Gasteiger charge is 2.22. The molecule has 0 aromatic heterocycles. The van der Waals surface area contributed by atoms with Crippen molar-refractivity contribution in [2.45, 2.75) is 33.2 Å². The number of rotatable bonds is 6. The van der Waals surface area contributed by atoms with Crippen LogP contribution in [-0.2, 0) is 11.3 Å². The summed E-state index contributed by atoms with van der Waals surface area (Å²) in [6.45, 7) is 7.64. The predicted molar refractivity (Wildman–Crippen MR) is 88.8 cm³/mol. The monoisotopic (exact) mass is 304 g/mol. The third kappa shape index (κ3) is 4.73. The highest BCUT2D eigenvalue weighted by molar-refractivity contribution is 5.78. The first-order valence-electron chi connectivity index (χ1n) is 8.22. The van der Waals surface area contributed by atoms with E-state index in [4.69, 9.17) is 4.74 Å². The number of hydrogen-bond donors (Lipinski definition) is 1. The Labute approximate surface area is 133 Å². The Bertz CT molecular complexity index is 464. The molecule has 1 aliphatic rings. The van der Waals surface area contributed by atoms with Crippen molar-refractivity contribution in [3.8, 4) is 5.75 Å². The zero-order chi connectivity index (χ0) is 15.9. The van der Waals surface area contributed by atoms with Gasteiger partial charge in [-0.25, -0.2) is 0 Å². The molecule has 0 unspecified atom stereocenters. The van der Waals surface area contributed by atoms with Crippen LogP contribution in [-0.4, -0.2) is 37.6 Å². The lowest BCUT2D eigenvalue weighted by molar-refractivity contribution is -0.135. The molecule has 4 nitrogen and oxygen atoms in total. The quantitative estimate of drug-likeness (QED) is 0.878. The number of carbonyl (C=O) groups is 1. The van der Waals surface area contributed by atoms with E-state index in [0.29, 0.717) is 12.5 Å². The average molecular weight is 304 g/mol. The molecule has 1 fully saturated rings. The van der Waals surface area contributed by atoms with Gasteiger partial charge in [0.1, 0.15) is 5.75 Å². The molecular weight excluding hydrogens is 276 g/mol. The molecule has 1 saturated heterocycles. The van der Waals surface area contributed by atoms with Crippen molar-refractivity contribution in [1.82, 2.24) is 10.2 Å². The highest BCUT2D eigenvalue weighted by Crippen LogP contribution is 2.19. The zero-order valence-electron chi connectivity index (χ0n) is 14.0. The summed E-state index contributed by atoms with van der Waals surface area (Å²) in [6, 6.07) is 8.00. The molecule has 1 heterocycles. The Morgan fingerprint density at radius 3 is 2.45 bits per heavy atom. The van der Waals surface area contributed by atoms with Crippen molar-refractivity contribution in [3.05, 3.63) is 29.8 Å². The summed E-state index contributed by atoms with van der Waals surface area (Å²) in [5.74, 6) is 1.75. The summed E-state index contributed by atoms with van der Waals surface area (Å²) in [7, 11) is 1.67. The van der Waals surface area contributed by atoms with E-state index < -0.39 is 0 Å². The van der Waals surface area contributed by atoms with Gasteiger partial charge in [0.05, 0.1) is 7.11 Å². The molecule has 2 rings (SSSR count). The van der Waals surface area contributed by atoms with Gasteiger partial charge in [0.15, 0.2) is 0 Å². The molecule has 1 aromatic carbocycles. The third-order valence-corrected chi connectivity index (χ3v) is 4.28. The van der Waals surface area contributed by atoms with E-state index in [2.05, 4.69) is 5.32 Å². The average Bonchev–Trinajstić information content (AvgIpc) is 2.55. The minimum atomic E-state index is 0.0416. The normalized spacial score (nSPS) is 15.8. The summed E-state index contributed by atoms with van der Waals surface area (Å²) in [6.07, 6.45) is 2.31. The molecule has 1 amide bonds. The van der Waals surface area contributed by atoms with Gasteiger partial charge < -0.3 is 15.0 Å². The molecule has 22 heavy (non-hydrogen) atoms. The molecule has 0 saturated carbocycles. The minimum Gasteiger partial charge on any atom is -0.497 e. The van der Waals surface area contributed by atoms with Gasteiger partial charge in [-0.15, -0.1) is 0 Å². The number of benzene rings is 1. The number of amides is 1. The van der Waals surface area contributed by atoms with Gasteiger partial charge in [-0.3, -0.25) is 4.79 Å². The molecule has 4 heteroatoms. The van der Waals surface area contributed by atoms with E-state index in [1.807, 2.05) is 43.0 Å². The Balaban J connectivity index is 2.03. The van der Waals surface area contributed by atoms with Crippen molar-refractivity contribution in [2.24, 2.45) is 11.8 Å². The smallest absolute Gasteiger partial charge is 0.225 e. The summed E-state index contributed by atoms with van der Waals surface area (Å²) in [5.41, 5.74) is 1.16. The van der Waals surface area contributed by atoms with Crippen LogP contribution >= 0.6 is 0 Å². The van der Waals surface area contributed by atoms with E-state index in [1.54, 1.807) is 7.11 Å². The lowest BCUT2D eigenvalue weighted by Crippen LogP contribution is -2.40. The fourth-order valence-electron chi connectivity index (χ4n) is 2.92. The number of nitrogens with one attached hydrogen (secondary N) is 1. The van der Waals surface area contributed by atoms with Crippen LogP contribution in [0.1, 0.15) is 32.3 Å². The van der Waals surface area contributed by atoms with Gasteiger partial charge in [-0.05, 0) is 49.5 Å². The first-order valence-corrected chi connectivity index (χ1v) is 8.22.